The van der Waals surface area contributed by atoms with Crippen LogP contribution in [0.4, 0.5) is 13.2 Å². The Hall–Kier alpha value is -1.52. The molecule has 0 atom stereocenters. The number of carbonyl (C=O) groups excluding carboxylic acids is 1. The molecule has 0 N–H and O–H groups in total. The van der Waals surface area contributed by atoms with Crippen LogP contribution in [0.2, 0.25) is 0 Å². The predicted octanol–water partition coefficient (Wildman–Crippen LogP) is 2.75. The molecule has 0 aromatic heterocycles. The number of Topliss-reactive ketones (excluding diaryl/α,β-unsaturated/α-hetero) is 1. The van der Waals surface area contributed by atoms with Gasteiger partial charge in [-0.3, -0.25) is 4.79 Å². The fourth-order valence-electron chi connectivity index (χ4n) is 1.14. The fraction of sp³-hybridized carbons (Fsp3) is 0.300. The van der Waals surface area contributed by atoms with E-state index in [9.17, 15) is 18.0 Å². The van der Waals surface area contributed by atoms with Gasteiger partial charge in [0.25, 0.3) is 5.78 Å². The lowest BCUT2D eigenvalue weighted by Crippen LogP contribution is -2.23. The maximum absolute atomic E-state index is 12.1. The smallest absolute Gasteiger partial charge is 0.455 e. The standard InChI is InChI=1S/C10H9F3O2/c1-6-3-4-7(8(5-6)15-2)9(14)10(11,12)13/h3-5H,1-2H3. The van der Waals surface area contributed by atoms with E-state index in [1.807, 2.05) is 0 Å². The number of carbonyl (C=O) groups is 1. The first-order valence-corrected chi connectivity index (χ1v) is 4.12. The van der Waals surface area contributed by atoms with Crippen LogP contribution in [0.3, 0.4) is 0 Å². The molecule has 15 heavy (non-hydrogen) atoms. The molecule has 5 heteroatoms. The van der Waals surface area contributed by atoms with Crippen molar-refractivity contribution in [3.8, 4) is 5.75 Å². The van der Waals surface area contributed by atoms with E-state index in [1.165, 1.54) is 19.2 Å². The molecule has 0 amide bonds. The molecule has 0 aliphatic carbocycles. The highest BCUT2D eigenvalue weighted by atomic mass is 19.4. The van der Waals surface area contributed by atoms with Crippen LogP contribution in [-0.2, 0) is 0 Å². The lowest BCUT2D eigenvalue weighted by Gasteiger charge is -2.10. The summed E-state index contributed by atoms with van der Waals surface area (Å²) in [7, 11) is 1.22. The third-order valence-electron chi connectivity index (χ3n) is 1.86. The molecule has 0 fully saturated rings. The van der Waals surface area contributed by atoms with Gasteiger partial charge < -0.3 is 4.74 Å². The largest absolute Gasteiger partial charge is 0.496 e. The summed E-state index contributed by atoms with van der Waals surface area (Å²) in [6.45, 7) is 1.70. The van der Waals surface area contributed by atoms with Crippen LogP contribution in [0.15, 0.2) is 18.2 Å². The molecular weight excluding hydrogens is 209 g/mol. The van der Waals surface area contributed by atoms with Gasteiger partial charge >= 0.3 is 6.18 Å². The van der Waals surface area contributed by atoms with Crippen LogP contribution in [0.5, 0.6) is 5.75 Å². The Morgan fingerprint density at radius 1 is 1.33 bits per heavy atom. The summed E-state index contributed by atoms with van der Waals surface area (Å²) in [6, 6.07) is 3.93. The fourth-order valence-corrected chi connectivity index (χ4v) is 1.14. The Morgan fingerprint density at radius 2 is 1.93 bits per heavy atom. The van der Waals surface area contributed by atoms with Gasteiger partial charge in [-0.2, -0.15) is 13.2 Å². The molecule has 0 bridgehead atoms. The van der Waals surface area contributed by atoms with Gasteiger partial charge in [-0.25, -0.2) is 0 Å². The maximum Gasteiger partial charge on any atom is 0.455 e. The average molecular weight is 218 g/mol. The van der Waals surface area contributed by atoms with Crippen molar-refractivity contribution < 1.29 is 22.7 Å². The number of ether oxygens (including phenoxy) is 1. The summed E-state index contributed by atoms with van der Waals surface area (Å²) in [5.74, 6) is -1.95. The van der Waals surface area contributed by atoms with Crippen LogP contribution >= 0.6 is 0 Å². The molecular formula is C10H9F3O2. The Bertz CT molecular complexity index is 383. The normalized spacial score (nSPS) is 11.3. The topological polar surface area (TPSA) is 26.3 Å². The van der Waals surface area contributed by atoms with E-state index in [2.05, 4.69) is 0 Å². The summed E-state index contributed by atoms with van der Waals surface area (Å²) in [6.07, 6.45) is -4.87. The van der Waals surface area contributed by atoms with Gasteiger partial charge in [-0.05, 0) is 24.6 Å². The molecule has 0 aliphatic rings. The lowest BCUT2D eigenvalue weighted by atomic mass is 10.1. The minimum Gasteiger partial charge on any atom is -0.496 e. The van der Waals surface area contributed by atoms with E-state index < -0.39 is 17.5 Å². The van der Waals surface area contributed by atoms with Crippen molar-refractivity contribution in [3.63, 3.8) is 0 Å². The molecule has 1 rings (SSSR count). The molecule has 0 saturated heterocycles. The monoisotopic (exact) mass is 218 g/mol. The minimum absolute atomic E-state index is 0.0580. The first-order valence-electron chi connectivity index (χ1n) is 4.12. The third kappa shape index (κ3) is 2.49. The number of halogens is 3. The van der Waals surface area contributed by atoms with Gasteiger partial charge in [-0.15, -0.1) is 0 Å². The van der Waals surface area contributed by atoms with E-state index >= 15 is 0 Å². The Balaban J connectivity index is 3.20. The van der Waals surface area contributed by atoms with Gasteiger partial charge in [0.2, 0.25) is 0 Å². The van der Waals surface area contributed by atoms with Crippen molar-refractivity contribution in [3.05, 3.63) is 29.3 Å². The third-order valence-corrected chi connectivity index (χ3v) is 1.86. The summed E-state index contributed by atoms with van der Waals surface area (Å²) in [4.78, 5) is 11.0. The first-order chi connectivity index (χ1) is 6.86. The van der Waals surface area contributed by atoms with E-state index in [4.69, 9.17) is 4.74 Å². The average Bonchev–Trinajstić information content (AvgIpc) is 2.15. The Kier molecular flexibility index (Phi) is 3.02. The van der Waals surface area contributed by atoms with Gasteiger partial charge in [0, 0.05) is 0 Å². The zero-order valence-electron chi connectivity index (χ0n) is 8.18. The molecule has 0 heterocycles. The van der Waals surface area contributed by atoms with E-state index in [0.717, 1.165) is 11.6 Å². The molecule has 0 aliphatic heterocycles. The number of rotatable bonds is 2. The second-order valence-corrected chi connectivity index (χ2v) is 3.03. The van der Waals surface area contributed by atoms with Crippen LogP contribution in [0, 0.1) is 6.92 Å². The molecule has 2 nitrogen and oxygen atoms in total. The molecule has 0 radical (unpaired) electrons. The summed E-state index contributed by atoms with van der Waals surface area (Å²) >= 11 is 0. The van der Waals surface area contributed by atoms with Crippen LogP contribution in [0.1, 0.15) is 15.9 Å². The maximum atomic E-state index is 12.1. The minimum atomic E-state index is -4.87. The van der Waals surface area contributed by atoms with Gasteiger partial charge in [0.1, 0.15) is 5.75 Å². The first kappa shape index (κ1) is 11.6. The summed E-state index contributed by atoms with van der Waals surface area (Å²) < 4.78 is 41.2. The second-order valence-electron chi connectivity index (χ2n) is 3.03. The van der Waals surface area contributed by atoms with Crippen molar-refractivity contribution in [2.75, 3.05) is 7.11 Å². The lowest BCUT2D eigenvalue weighted by molar-refractivity contribution is -0.0886. The van der Waals surface area contributed by atoms with Crippen molar-refractivity contribution in [1.82, 2.24) is 0 Å². The van der Waals surface area contributed by atoms with Gasteiger partial charge in [-0.1, -0.05) is 6.07 Å². The molecule has 0 saturated carbocycles. The number of benzene rings is 1. The number of aryl methyl sites for hydroxylation is 1. The number of alkyl halides is 3. The molecule has 0 spiro atoms. The summed E-state index contributed by atoms with van der Waals surface area (Å²) in [5.41, 5.74) is 0.265. The second kappa shape index (κ2) is 3.92. The van der Waals surface area contributed by atoms with Crippen LogP contribution in [0.25, 0.3) is 0 Å². The predicted molar refractivity (Wildman–Crippen MR) is 48.1 cm³/mol. The van der Waals surface area contributed by atoms with Crippen LogP contribution in [-0.4, -0.2) is 19.1 Å². The van der Waals surface area contributed by atoms with E-state index in [1.54, 1.807) is 6.92 Å². The van der Waals surface area contributed by atoms with Crippen molar-refractivity contribution in [2.45, 2.75) is 13.1 Å². The molecule has 1 aromatic carbocycles. The quantitative estimate of drug-likeness (QED) is 0.713. The number of methoxy groups -OCH3 is 1. The van der Waals surface area contributed by atoms with Crippen molar-refractivity contribution in [2.24, 2.45) is 0 Å². The Morgan fingerprint density at radius 3 is 2.40 bits per heavy atom. The van der Waals surface area contributed by atoms with Gasteiger partial charge in [0.15, 0.2) is 0 Å². The zero-order valence-corrected chi connectivity index (χ0v) is 8.18. The number of ketones is 1. The van der Waals surface area contributed by atoms with E-state index in [-0.39, 0.29) is 5.75 Å². The van der Waals surface area contributed by atoms with Crippen LogP contribution < -0.4 is 4.74 Å². The highest BCUT2D eigenvalue weighted by Crippen LogP contribution is 2.28. The van der Waals surface area contributed by atoms with Gasteiger partial charge in [0.05, 0.1) is 12.7 Å². The summed E-state index contributed by atoms with van der Waals surface area (Å²) in [5, 5.41) is 0. The SMILES string of the molecule is COc1cc(C)ccc1C(=O)C(F)(F)F. The van der Waals surface area contributed by atoms with Crippen molar-refractivity contribution in [1.29, 1.82) is 0 Å². The van der Waals surface area contributed by atoms with E-state index in [0.29, 0.717) is 0 Å². The molecule has 0 unspecified atom stereocenters. The molecule has 82 valence electrons. The highest BCUT2D eigenvalue weighted by molar-refractivity contribution is 6.02. The number of hydrogen-bond donors (Lipinski definition) is 0. The zero-order chi connectivity index (χ0) is 11.6. The molecule has 1 aromatic rings. The Labute approximate surface area is 84.7 Å². The van der Waals surface area contributed by atoms with Crippen molar-refractivity contribution >= 4 is 5.78 Å². The highest BCUT2D eigenvalue weighted by Gasteiger charge is 2.40. The number of hydrogen-bond acceptors (Lipinski definition) is 2.